The highest BCUT2D eigenvalue weighted by molar-refractivity contribution is 7.10. The summed E-state index contributed by atoms with van der Waals surface area (Å²) in [6.45, 7) is 2.18. The second kappa shape index (κ2) is 6.96. The number of rotatable bonds is 4. The molecule has 0 saturated heterocycles. The Morgan fingerprint density at radius 2 is 1.20 bits per heavy atom. The Hall–Kier alpha value is -2.84. The number of aryl methyl sites for hydroxylation is 1. The van der Waals surface area contributed by atoms with Crippen molar-refractivity contribution < 1.29 is 0 Å². The molecule has 0 amide bonds. The van der Waals surface area contributed by atoms with Crippen molar-refractivity contribution in [2.24, 2.45) is 0 Å². The summed E-state index contributed by atoms with van der Waals surface area (Å²) in [6.07, 6.45) is 0. The van der Waals surface area contributed by atoms with Crippen LogP contribution in [0.5, 0.6) is 0 Å². The molecule has 1 N–H and O–H groups in total. The Kier molecular flexibility index (Phi) is 4.36. The Morgan fingerprint density at radius 3 is 1.88 bits per heavy atom. The van der Waals surface area contributed by atoms with E-state index in [0.29, 0.717) is 0 Å². The zero-order valence-electron chi connectivity index (χ0n) is 14.1. The van der Waals surface area contributed by atoms with Gasteiger partial charge in [-0.1, -0.05) is 66.7 Å². The molecule has 25 heavy (non-hydrogen) atoms. The third-order valence-corrected chi connectivity index (χ3v) is 5.20. The van der Waals surface area contributed by atoms with Gasteiger partial charge >= 0.3 is 0 Å². The Balaban J connectivity index is 1.77. The third-order valence-electron chi connectivity index (χ3n) is 4.36. The molecule has 1 nitrogen and oxygen atoms in total. The van der Waals surface area contributed by atoms with Gasteiger partial charge in [0.1, 0.15) is 0 Å². The van der Waals surface area contributed by atoms with Crippen molar-refractivity contribution >= 4 is 22.7 Å². The summed E-state index contributed by atoms with van der Waals surface area (Å²) in [4.78, 5) is 1.34. The lowest BCUT2D eigenvalue weighted by atomic mass is 10.0. The summed E-state index contributed by atoms with van der Waals surface area (Å²) in [5.41, 5.74) is 7.21. The minimum atomic E-state index is 1.12. The van der Waals surface area contributed by atoms with Crippen LogP contribution in [0, 0.1) is 6.92 Å². The minimum Gasteiger partial charge on any atom is -0.355 e. The second-order valence-corrected chi connectivity index (χ2v) is 7.09. The van der Waals surface area contributed by atoms with Crippen LogP contribution in [-0.4, -0.2) is 0 Å². The third kappa shape index (κ3) is 3.21. The summed E-state index contributed by atoms with van der Waals surface area (Å²) in [5, 5.41) is 5.81. The van der Waals surface area contributed by atoms with Gasteiger partial charge in [0.05, 0.1) is 0 Å². The van der Waals surface area contributed by atoms with Crippen molar-refractivity contribution in [3.05, 3.63) is 95.2 Å². The highest BCUT2D eigenvalue weighted by atomic mass is 32.1. The molecule has 0 aliphatic rings. The maximum Gasteiger partial charge on any atom is 0.0464 e. The summed E-state index contributed by atoms with van der Waals surface area (Å²) in [7, 11) is 0. The number of benzene rings is 3. The van der Waals surface area contributed by atoms with Gasteiger partial charge in [0.25, 0.3) is 0 Å². The minimum absolute atomic E-state index is 1.12. The fraction of sp³-hybridized carbons (Fsp3) is 0.0435. The second-order valence-electron chi connectivity index (χ2n) is 5.97. The predicted molar refractivity (Wildman–Crippen MR) is 110 cm³/mol. The SMILES string of the molecule is Cc1sccc1-c1ccccc1Nc1ccccc1-c1ccccc1. The zero-order valence-corrected chi connectivity index (χ0v) is 14.9. The van der Waals surface area contributed by atoms with Gasteiger partial charge in [-0.25, -0.2) is 0 Å². The highest BCUT2D eigenvalue weighted by Gasteiger charge is 2.10. The molecule has 0 aliphatic carbocycles. The molecule has 0 spiro atoms. The number of nitrogens with one attached hydrogen (secondary N) is 1. The van der Waals surface area contributed by atoms with Crippen LogP contribution in [0.3, 0.4) is 0 Å². The van der Waals surface area contributed by atoms with Crippen molar-refractivity contribution in [2.75, 3.05) is 5.32 Å². The lowest BCUT2D eigenvalue weighted by molar-refractivity contribution is 1.51. The standard InChI is InChI=1S/C23H19NS/c1-17-19(15-16-25-17)21-12-6-8-14-23(21)24-22-13-7-5-11-20(22)18-9-3-2-4-10-18/h2-16,24H,1H3. The van der Waals surface area contributed by atoms with Crippen molar-refractivity contribution in [2.45, 2.75) is 6.92 Å². The molecule has 1 heterocycles. The number of anilines is 2. The summed E-state index contributed by atoms with van der Waals surface area (Å²) < 4.78 is 0. The van der Waals surface area contributed by atoms with Crippen molar-refractivity contribution in [1.29, 1.82) is 0 Å². The Labute approximate surface area is 152 Å². The molecule has 2 heteroatoms. The zero-order chi connectivity index (χ0) is 17.1. The van der Waals surface area contributed by atoms with Crippen molar-refractivity contribution in [3.8, 4) is 22.3 Å². The molecule has 0 saturated carbocycles. The van der Waals surface area contributed by atoms with Crippen molar-refractivity contribution in [3.63, 3.8) is 0 Å². The maximum absolute atomic E-state index is 3.66. The van der Waals surface area contributed by atoms with E-state index in [4.69, 9.17) is 0 Å². The molecule has 1 aromatic heterocycles. The van der Waals surface area contributed by atoms with Crippen LogP contribution >= 0.6 is 11.3 Å². The van der Waals surface area contributed by atoms with Crippen LogP contribution in [0.1, 0.15) is 4.88 Å². The molecule has 0 unspecified atom stereocenters. The number of thiophene rings is 1. The van der Waals surface area contributed by atoms with E-state index in [2.05, 4.69) is 96.5 Å². The molecular weight excluding hydrogens is 322 g/mol. The van der Waals surface area contributed by atoms with Gasteiger partial charge in [-0.15, -0.1) is 11.3 Å². The van der Waals surface area contributed by atoms with Crippen LogP contribution in [0.2, 0.25) is 0 Å². The van der Waals surface area contributed by atoms with E-state index in [1.165, 1.54) is 27.1 Å². The molecule has 0 bridgehead atoms. The van der Waals surface area contributed by atoms with E-state index in [-0.39, 0.29) is 0 Å². The molecule has 4 rings (SSSR count). The van der Waals surface area contributed by atoms with Crippen LogP contribution in [0.25, 0.3) is 22.3 Å². The Bertz CT molecular complexity index is 986. The van der Waals surface area contributed by atoms with E-state index < -0.39 is 0 Å². The maximum atomic E-state index is 3.66. The molecule has 3 aromatic carbocycles. The van der Waals surface area contributed by atoms with Crippen LogP contribution in [-0.2, 0) is 0 Å². The van der Waals surface area contributed by atoms with E-state index in [0.717, 1.165) is 11.4 Å². The van der Waals surface area contributed by atoms with Crippen LogP contribution in [0.4, 0.5) is 11.4 Å². The van der Waals surface area contributed by atoms with Gasteiger partial charge in [-0.05, 0) is 41.6 Å². The van der Waals surface area contributed by atoms with Gasteiger partial charge in [0, 0.05) is 27.4 Å². The Morgan fingerprint density at radius 1 is 0.600 bits per heavy atom. The number of hydrogen-bond donors (Lipinski definition) is 1. The summed E-state index contributed by atoms with van der Waals surface area (Å²) >= 11 is 1.79. The van der Waals surface area contributed by atoms with Gasteiger partial charge in [-0.2, -0.15) is 0 Å². The number of para-hydroxylation sites is 2. The topological polar surface area (TPSA) is 12.0 Å². The van der Waals surface area contributed by atoms with Gasteiger partial charge < -0.3 is 5.32 Å². The van der Waals surface area contributed by atoms with Gasteiger partial charge in [0.2, 0.25) is 0 Å². The summed E-state index contributed by atoms with van der Waals surface area (Å²) in [5.74, 6) is 0. The fourth-order valence-corrected chi connectivity index (χ4v) is 3.81. The quantitative estimate of drug-likeness (QED) is 0.416. The highest BCUT2D eigenvalue weighted by Crippen LogP contribution is 2.36. The van der Waals surface area contributed by atoms with E-state index >= 15 is 0 Å². The first-order valence-corrected chi connectivity index (χ1v) is 9.26. The first-order valence-electron chi connectivity index (χ1n) is 8.38. The summed E-state index contributed by atoms with van der Waals surface area (Å²) in [6, 6.07) is 29.7. The normalized spacial score (nSPS) is 10.6. The van der Waals surface area contributed by atoms with E-state index in [1.807, 2.05) is 6.07 Å². The van der Waals surface area contributed by atoms with Crippen LogP contribution < -0.4 is 5.32 Å². The van der Waals surface area contributed by atoms with E-state index in [9.17, 15) is 0 Å². The molecule has 122 valence electrons. The predicted octanol–water partition coefficient (Wildman–Crippen LogP) is 7.13. The first kappa shape index (κ1) is 15.7. The molecular formula is C23H19NS. The lowest BCUT2D eigenvalue weighted by Crippen LogP contribution is -1.95. The average molecular weight is 341 g/mol. The largest absolute Gasteiger partial charge is 0.355 e. The van der Waals surface area contributed by atoms with Crippen LogP contribution in [0.15, 0.2) is 90.3 Å². The van der Waals surface area contributed by atoms with Gasteiger partial charge in [0.15, 0.2) is 0 Å². The molecule has 0 radical (unpaired) electrons. The average Bonchev–Trinajstić information content (AvgIpc) is 3.09. The van der Waals surface area contributed by atoms with E-state index in [1.54, 1.807) is 11.3 Å². The van der Waals surface area contributed by atoms with Gasteiger partial charge in [-0.3, -0.25) is 0 Å². The first-order chi connectivity index (χ1) is 12.3. The smallest absolute Gasteiger partial charge is 0.0464 e. The lowest BCUT2D eigenvalue weighted by Gasteiger charge is -2.15. The van der Waals surface area contributed by atoms with Crippen molar-refractivity contribution in [1.82, 2.24) is 0 Å². The molecule has 0 fully saturated rings. The molecule has 4 aromatic rings. The molecule has 0 atom stereocenters. The number of hydrogen-bond acceptors (Lipinski definition) is 2. The molecule has 0 aliphatic heterocycles. The monoisotopic (exact) mass is 341 g/mol. The fourth-order valence-electron chi connectivity index (χ4n) is 3.10.